The number of ether oxygens (including phenoxy) is 2. The number of alkyl halides is 1. The van der Waals surface area contributed by atoms with Crippen molar-refractivity contribution in [3.63, 3.8) is 0 Å². The summed E-state index contributed by atoms with van der Waals surface area (Å²) in [5.41, 5.74) is 1.36. The van der Waals surface area contributed by atoms with Crippen LogP contribution < -0.4 is 4.74 Å². The molecule has 122 valence electrons. The Kier molecular flexibility index (Phi) is 5.99. The van der Waals surface area contributed by atoms with Crippen molar-refractivity contribution < 1.29 is 9.47 Å². The molecule has 2 aliphatic heterocycles. The van der Waals surface area contributed by atoms with Gasteiger partial charge in [-0.2, -0.15) is 0 Å². The van der Waals surface area contributed by atoms with Crippen molar-refractivity contribution in [3.8, 4) is 5.75 Å². The molecule has 0 saturated carbocycles. The quantitative estimate of drug-likeness (QED) is 0.588. The van der Waals surface area contributed by atoms with Gasteiger partial charge in [0.05, 0.1) is 12.7 Å². The molecule has 0 N–H and O–H groups in total. The van der Waals surface area contributed by atoms with E-state index in [2.05, 4.69) is 29.2 Å². The molecule has 2 saturated heterocycles. The summed E-state index contributed by atoms with van der Waals surface area (Å²) in [6.07, 6.45) is 5.15. The molecule has 4 heteroatoms. The average molecular weight is 324 g/mol. The maximum atomic E-state index is 5.89. The maximum Gasteiger partial charge on any atom is 0.119 e. The van der Waals surface area contributed by atoms with Crippen LogP contribution in [-0.2, 0) is 11.3 Å². The molecule has 2 aliphatic rings. The number of piperidine rings is 1. The van der Waals surface area contributed by atoms with E-state index in [1.165, 1.54) is 31.4 Å². The third-order valence-corrected chi connectivity index (χ3v) is 4.94. The zero-order chi connectivity index (χ0) is 15.2. The van der Waals surface area contributed by atoms with Gasteiger partial charge in [0.1, 0.15) is 5.75 Å². The molecule has 2 atom stereocenters. The highest BCUT2D eigenvalue weighted by atomic mass is 35.5. The first-order valence-electron chi connectivity index (χ1n) is 8.47. The lowest BCUT2D eigenvalue weighted by Gasteiger charge is -2.41. The summed E-state index contributed by atoms with van der Waals surface area (Å²) in [7, 11) is 0. The van der Waals surface area contributed by atoms with E-state index in [1.54, 1.807) is 0 Å². The average Bonchev–Trinajstić information content (AvgIpc) is 2.57. The van der Waals surface area contributed by atoms with Crippen molar-refractivity contribution in [2.75, 3.05) is 32.2 Å². The zero-order valence-corrected chi connectivity index (χ0v) is 13.9. The van der Waals surface area contributed by atoms with Crippen molar-refractivity contribution >= 4 is 11.6 Å². The van der Waals surface area contributed by atoms with Crippen LogP contribution in [0, 0.1) is 5.92 Å². The molecule has 0 amide bonds. The molecule has 2 fully saturated rings. The van der Waals surface area contributed by atoms with E-state index in [-0.39, 0.29) is 0 Å². The normalized spacial score (nSPS) is 25.7. The lowest BCUT2D eigenvalue weighted by molar-refractivity contribution is -0.0676. The van der Waals surface area contributed by atoms with Crippen molar-refractivity contribution in [1.82, 2.24) is 4.90 Å². The molecule has 1 aromatic rings. The van der Waals surface area contributed by atoms with E-state index in [1.807, 2.05) is 0 Å². The number of halogens is 1. The summed E-state index contributed by atoms with van der Waals surface area (Å²) in [4.78, 5) is 2.57. The SMILES string of the molecule is ClCCCOc1ccc(CN2CC[C@H]3OCCC[C@H]3C2)cc1. The third kappa shape index (κ3) is 4.37. The van der Waals surface area contributed by atoms with Gasteiger partial charge in [-0.25, -0.2) is 0 Å². The summed E-state index contributed by atoms with van der Waals surface area (Å²) in [5.74, 6) is 2.33. The van der Waals surface area contributed by atoms with Gasteiger partial charge in [0.25, 0.3) is 0 Å². The van der Waals surface area contributed by atoms with Gasteiger partial charge in [-0.1, -0.05) is 12.1 Å². The van der Waals surface area contributed by atoms with Crippen molar-refractivity contribution in [3.05, 3.63) is 29.8 Å². The second-order valence-electron chi connectivity index (χ2n) is 6.37. The fourth-order valence-electron chi connectivity index (χ4n) is 3.50. The van der Waals surface area contributed by atoms with Gasteiger partial charge in [-0.15, -0.1) is 11.6 Å². The van der Waals surface area contributed by atoms with Crippen LogP contribution in [0.25, 0.3) is 0 Å². The number of likely N-dealkylation sites (tertiary alicyclic amines) is 1. The third-order valence-electron chi connectivity index (χ3n) is 4.68. The summed E-state index contributed by atoms with van der Waals surface area (Å²) in [6, 6.07) is 8.50. The zero-order valence-electron chi connectivity index (χ0n) is 13.2. The topological polar surface area (TPSA) is 21.7 Å². The number of rotatable bonds is 6. The lowest BCUT2D eigenvalue weighted by Crippen LogP contribution is -2.45. The largest absolute Gasteiger partial charge is 0.494 e. The monoisotopic (exact) mass is 323 g/mol. The minimum Gasteiger partial charge on any atom is -0.494 e. The van der Waals surface area contributed by atoms with E-state index in [0.29, 0.717) is 18.6 Å². The van der Waals surface area contributed by atoms with Gasteiger partial charge < -0.3 is 9.47 Å². The van der Waals surface area contributed by atoms with E-state index < -0.39 is 0 Å². The van der Waals surface area contributed by atoms with Gasteiger partial charge in [-0.05, 0) is 49.3 Å². The van der Waals surface area contributed by atoms with Crippen molar-refractivity contribution in [1.29, 1.82) is 0 Å². The first-order chi connectivity index (χ1) is 10.8. The van der Waals surface area contributed by atoms with Gasteiger partial charge in [0.15, 0.2) is 0 Å². The summed E-state index contributed by atoms with van der Waals surface area (Å²) < 4.78 is 11.5. The lowest BCUT2D eigenvalue weighted by atomic mass is 9.88. The number of hydrogen-bond donors (Lipinski definition) is 0. The van der Waals surface area contributed by atoms with Gasteiger partial charge in [0, 0.05) is 32.1 Å². The molecule has 1 aromatic carbocycles. The number of fused-ring (bicyclic) bond motifs is 1. The summed E-state index contributed by atoms with van der Waals surface area (Å²) in [6.45, 7) is 5.02. The first kappa shape index (κ1) is 16.1. The molecule has 0 radical (unpaired) electrons. The van der Waals surface area contributed by atoms with Crippen LogP contribution >= 0.6 is 11.6 Å². The van der Waals surface area contributed by atoms with Crippen LogP contribution in [0.4, 0.5) is 0 Å². The maximum absolute atomic E-state index is 5.89. The Balaban J connectivity index is 1.48. The highest BCUT2D eigenvalue weighted by Crippen LogP contribution is 2.29. The predicted molar refractivity (Wildman–Crippen MR) is 89.6 cm³/mol. The van der Waals surface area contributed by atoms with E-state index in [0.717, 1.165) is 37.8 Å². The Hall–Kier alpha value is -0.770. The molecular formula is C18H26ClNO2. The van der Waals surface area contributed by atoms with Crippen LogP contribution in [0.15, 0.2) is 24.3 Å². The minimum absolute atomic E-state index is 0.516. The van der Waals surface area contributed by atoms with Crippen LogP contribution in [0.5, 0.6) is 5.75 Å². The standard InChI is InChI=1S/C18H26ClNO2/c19-9-2-12-21-17-6-4-15(5-7-17)13-20-10-8-18-16(14-20)3-1-11-22-18/h4-7,16,18H,1-3,8-14H2/t16-,18+/m0/s1. The molecule has 22 heavy (non-hydrogen) atoms. The van der Waals surface area contributed by atoms with Crippen LogP contribution in [0.3, 0.4) is 0 Å². The number of benzene rings is 1. The first-order valence-corrected chi connectivity index (χ1v) is 9.00. The summed E-state index contributed by atoms with van der Waals surface area (Å²) >= 11 is 5.66. The fourth-order valence-corrected chi connectivity index (χ4v) is 3.61. The van der Waals surface area contributed by atoms with E-state index in [4.69, 9.17) is 21.1 Å². The molecule has 0 bridgehead atoms. The minimum atomic E-state index is 0.516. The molecule has 0 aromatic heterocycles. The highest BCUT2D eigenvalue weighted by Gasteiger charge is 2.31. The molecule has 0 spiro atoms. The van der Waals surface area contributed by atoms with Crippen molar-refractivity contribution in [2.24, 2.45) is 5.92 Å². The number of nitrogens with zero attached hydrogens (tertiary/aromatic N) is 1. The van der Waals surface area contributed by atoms with Crippen molar-refractivity contribution in [2.45, 2.75) is 38.3 Å². The molecule has 2 heterocycles. The van der Waals surface area contributed by atoms with Gasteiger partial charge >= 0.3 is 0 Å². The molecule has 0 unspecified atom stereocenters. The second kappa shape index (κ2) is 8.19. The Morgan fingerprint density at radius 2 is 2.09 bits per heavy atom. The Bertz CT molecular complexity index is 451. The van der Waals surface area contributed by atoms with E-state index in [9.17, 15) is 0 Å². The molecule has 3 rings (SSSR count). The Morgan fingerprint density at radius 1 is 1.23 bits per heavy atom. The predicted octanol–water partition coefficient (Wildman–Crippen LogP) is 3.70. The van der Waals surface area contributed by atoms with Gasteiger partial charge in [-0.3, -0.25) is 4.90 Å². The van der Waals surface area contributed by atoms with Gasteiger partial charge in [0.2, 0.25) is 0 Å². The smallest absolute Gasteiger partial charge is 0.119 e. The second-order valence-corrected chi connectivity index (χ2v) is 6.75. The van der Waals surface area contributed by atoms with E-state index >= 15 is 0 Å². The van der Waals surface area contributed by atoms with Crippen LogP contribution in [-0.4, -0.2) is 43.2 Å². The fraction of sp³-hybridized carbons (Fsp3) is 0.667. The Labute approximate surface area is 138 Å². The number of hydrogen-bond acceptors (Lipinski definition) is 3. The molecule has 3 nitrogen and oxygen atoms in total. The molecule has 0 aliphatic carbocycles. The highest BCUT2D eigenvalue weighted by molar-refractivity contribution is 6.17. The molecular weight excluding hydrogens is 298 g/mol. The Morgan fingerprint density at radius 3 is 2.91 bits per heavy atom. The van der Waals surface area contributed by atoms with Crippen LogP contribution in [0.2, 0.25) is 0 Å². The van der Waals surface area contributed by atoms with Crippen LogP contribution in [0.1, 0.15) is 31.2 Å². The summed E-state index contributed by atoms with van der Waals surface area (Å²) in [5, 5.41) is 0.